The van der Waals surface area contributed by atoms with Crippen molar-refractivity contribution in [3.05, 3.63) is 29.7 Å². The SMILES string of the molecule is Cc1cc2nc(C3CCN(C(=O)[C@@H]4CC(=O)N(C)C4)CC3)ccn2n1. The van der Waals surface area contributed by atoms with Crippen LogP contribution in [0.5, 0.6) is 0 Å². The average Bonchev–Trinajstić information content (AvgIpc) is 3.15. The molecule has 132 valence electrons. The van der Waals surface area contributed by atoms with Gasteiger partial charge in [-0.3, -0.25) is 9.59 Å². The zero-order chi connectivity index (χ0) is 17.6. The Labute approximate surface area is 146 Å². The van der Waals surface area contributed by atoms with Crippen LogP contribution in [-0.2, 0) is 9.59 Å². The fourth-order valence-electron chi connectivity index (χ4n) is 3.92. The van der Waals surface area contributed by atoms with E-state index in [-0.39, 0.29) is 17.7 Å². The highest BCUT2D eigenvalue weighted by Crippen LogP contribution is 2.29. The molecule has 0 N–H and O–H groups in total. The lowest BCUT2D eigenvalue weighted by molar-refractivity contribution is -0.136. The fourth-order valence-corrected chi connectivity index (χ4v) is 3.92. The van der Waals surface area contributed by atoms with E-state index in [1.165, 1.54) is 0 Å². The number of nitrogens with zero attached hydrogens (tertiary/aromatic N) is 5. The van der Waals surface area contributed by atoms with Gasteiger partial charge in [-0.05, 0) is 25.8 Å². The van der Waals surface area contributed by atoms with Gasteiger partial charge in [-0.2, -0.15) is 5.10 Å². The lowest BCUT2D eigenvalue weighted by Crippen LogP contribution is -2.42. The molecule has 7 nitrogen and oxygen atoms in total. The molecule has 25 heavy (non-hydrogen) atoms. The lowest BCUT2D eigenvalue weighted by atomic mass is 9.92. The van der Waals surface area contributed by atoms with Crippen LogP contribution >= 0.6 is 0 Å². The molecule has 2 aliphatic rings. The van der Waals surface area contributed by atoms with Gasteiger partial charge in [-0.1, -0.05) is 0 Å². The maximum atomic E-state index is 12.6. The molecule has 2 fully saturated rings. The number of fused-ring (bicyclic) bond motifs is 1. The number of aryl methyl sites for hydroxylation is 1. The van der Waals surface area contributed by atoms with Gasteiger partial charge in [0.1, 0.15) is 0 Å². The molecule has 0 aromatic carbocycles. The van der Waals surface area contributed by atoms with Crippen LogP contribution in [0.25, 0.3) is 5.65 Å². The van der Waals surface area contributed by atoms with E-state index in [1.54, 1.807) is 16.5 Å². The molecule has 0 radical (unpaired) electrons. The molecule has 4 heterocycles. The van der Waals surface area contributed by atoms with Gasteiger partial charge in [0.2, 0.25) is 11.8 Å². The van der Waals surface area contributed by atoms with Gasteiger partial charge >= 0.3 is 0 Å². The number of carbonyl (C=O) groups excluding carboxylic acids is 2. The molecule has 0 aliphatic carbocycles. The van der Waals surface area contributed by atoms with Gasteiger partial charge in [-0.25, -0.2) is 9.50 Å². The Kier molecular flexibility index (Phi) is 3.94. The number of hydrogen-bond donors (Lipinski definition) is 0. The average molecular weight is 341 g/mol. The molecule has 2 aliphatic heterocycles. The van der Waals surface area contributed by atoms with Crippen molar-refractivity contribution in [1.29, 1.82) is 0 Å². The fraction of sp³-hybridized carbons (Fsp3) is 0.556. The molecular weight excluding hydrogens is 318 g/mol. The molecule has 2 aromatic heterocycles. The summed E-state index contributed by atoms with van der Waals surface area (Å²) in [4.78, 5) is 32.6. The molecule has 7 heteroatoms. The first-order valence-corrected chi connectivity index (χ1v) is 8.87. The zero-order valence-corrected chi connectivity index (χ0v) is 14.7. The van der Waals surface area contributed by atoms with E-state index in [0.29, 0.717) is 18.9 Å². The van der Waals surface area contributed by atoms with Crippen LogP contribution in [0.2, 0.25) is 0 Å². The third kappa shape index (κ3) is 2.99. The summed E-state index contributed by atoms with van der Waals surface area (Å²) >= 11 is 0. The van der Waals surface area contributed by atoms with E-state index < -0.39 is 0 Å². The second kappa shape index (κ2) is 6.13. The molecule has 0 bridgehead atoms. The van der Waals surface area contributed by atoms with Crippen LogP contribution in [0.15, 0.2) is 18.3 Å². The van der Waals surface area contributed by atoms with E-state index in [1.807, 2.05) is 30.2 Å². The van der Waals surface area contributed by atoms with Crippen molar-refractivity contribution in [3.63, 3.8) is 0 Å². The first-order valence-electron chi connectivity index (χ1n) is 8.87. The Balaban J connectivity index is 1.40. The maximum absolute atomic E-state index is 12.6. The first-order chi connectivity index (χ1) is 12.0. The predicted octanol–water partition coefficient (Wildman–Crippen LogP) is 1.22. The van der Waals surface area contributed by atoms with Crippen molar-refractivity contribution in [2.45, 2.75) is 32.1 Å². The topological polar surface area (TPSA) is 70.8 Å². The van der Waals surface area contributed by atoms with Gasteiger partial charge in [-0.15, -0.1) is 0 Å². The van der Waals surface area contributed by atoms with Crippen molar-refractivity contribution in [2.24, 2.45) is 5.92 Å². The summed E-state index contributed by atoms with van der Waals surface area (Å²) in [5, 5.41) is 4.36. The maximum Gasteiger partial charge on any atom is 0.227 e. The molecular formula is C18H23N5O2. The van der Waals surface area contributed by atoms with Crippen LogP contribution < -0.4 is 0 Å². The summed E-state index contributed by atoms with van der Waals surface area (Å²) in [6.07, 6.45) is 4.15. The van der Waals surface area contributed by atoms with Crippen molar-refractivity contribution in [1.82, 2.24) is 24.4 Å². The zero-order valence-electron chi connectivity index (χ0n) is 14.7. The van der Waals surface area contributed by atoms with Crippen molar-refractivity contribution in [3.8, 4) is 0 Å². The predicted molar refractivity (Wildman–Crippen MR) is 92.0 cm³/mol. The standard InChI is InChI=1S/C18H23N5O2/c1-12-9-16-19-15(5-8-23(16)20-12)13-3-6-22(7-4-13)18(25)14-10-17(24)21(2)11-14/h5,8-9,13-14H,3-4,6-7,10-11H2,1-2H3/t14-/m1/s1. The van der Waals surface area contributed by atoms with Crippen LogP contribution in [-0.4, -0.2) is 62.9 Å². The van der Waals surface area contributed by atoms with Crippen LogP contribution in [0.3, 0.4) is 0 Å². The summed E-state index contributed by atoms with van der Waals surface area (Å²) in [6.45, 7) is 3.99. The Morgan fingerprint density at radius 2 is 2.04 bits per heavy atom. The lowest BCUT2D eigenvalue weighted by Gasteiger charge is -2.33. The van der Waals surface area contributed by atoms with E-state index in [2.05, 4.69) is 5.10 Å². The highest BCUT2D eigenvalue weighted by atomic mass is 16.2. The highest BCUT2D eigenvalue weighted by molar-refractivity contribution is 5.89. The molecule has 4 rings (SSSR count). The summed E-state index contributed by atoms with van der Waals surface area (Å²) in [5.41, 5.74) is 2.91. The molecule has 1 atom stereocenters. The molecule has 2 amide bonds. The van der Waals surface area contributed by atoms with Crippen LogP contribution in [0.4, 0.5) is 0 Å². The minimum atomic E-state index is -0.168. The number of carbonyl (C=O) groups is 2. The second-order valence-corrected chi connectivity index (χ2v) is 7.22. The van der Waals surface area contributed by atoms with Crippen LogP contribution in [0.1, 0.15) is 36.6 Å². The van der Waals surface area contributed by atoms with Gasteiger partial charge in [0, 0.05) is 57.0 Å². The third-order valence-electron chi connectivity index (χ3n) is 5.38. The molecule has 2 saturated heterocycles. The molecule has 0 saturated carbocycles. The monoisotopic (exact) mass is 341 g/mol. The number of piperidine rings is 1. The number of hydrogen-bond acceptors (Lipinski definition) is 4. The summed E-state index contributed by atoms with van der Waals surface area (Å²) in [7, 11) is 1.77. The van der Waals surface area contributed by atoms with E-state index in [4.69, 9.17) is 4.98 Å². The molecule has 0 spiro atoms. The molecule has 0 unspecified atom stereocenters. The molecule has 2 aromatic rings. The minimum absolute atomic E-state index is 0.0711. The normalized spacial score (nSPS) is 22.2. The summed E-state index contributed by atoms with van der Waals surface area (Å²) in [6, 6.07) is 4.02. The number of likely N-dealkylation sites (tertiary alicyclic amines) is 2. The van der Waals surface area contributed by atoms with E-state index in [0.717, 1.165) is 43.0 Å². The second-order valence-electron chi connectivity index (χ2n) is 7.22. The first kappa shape index (κ1) is 16.1. The Bertz CT molecular complexity index is 822. The largest absolute Gasteiger partial charge is 0.345 e. The van der Waals surface area contributed by atoms with Crippen molar-refractivity contribution >= 4 is 17.5 Å². The van der Waals surface area contributed by atoms with Gasteiger partial charge in [0.15, 0.2) is 5.65 Å². The Morgan fingerprint density at radius 1 is 1.28 bits per heavy atom. The van der Waals surface area contributed by atoms with Crippen LogP contribution in [0, 0.1) is 12.8 Å². The van der Waals surface area contributed by atoms with Gasteiger partial charge < -0.3 is 9.80 Å². The third-order valence-corrected chi connectivity index (χ3v) is 5.38. The Hall–Kier alpha value is -2.44. The van der Waals surface area contributed by atoms with E-state index in [9.17, 15) is 9.59 Å². The number of aromatic nitrogens is 3. The quantitative estimate of drug-likeness (QED) is 0.823. The number of rotatable bonds is 2. The van der Waals surface area contributed by atoms with Crippen molar-refractivity contribution < 1.29 is 9.59 Å². The Morgan fingerprint density at radius 3 is 2.72 bits per heavy atom. The highest BCUT2D eigenvalue weighted by Gasteiger charge is 2.36. The van der Waals surface area contributed by atoms with Gasteiger partial charge in [0.05, 0.1) is 11.6 Å². The smallest absolute Gasteiger partial charge is 0.227 e. The summed E-state index contributed by atoms with van der Waals surface area (Å²) in [5.74, 6) is 0.406. The summed E-state index contributed by atoms with van der Waals surface area (Å²) < 4.78 is 1.80. The van der Waals surface area contributed by atoms with Crippen molar-refractivity contribution in [2.75, 3.05) is 26.7 Å². The van der Waals surface area contributed by atoms with Gasteiger partial charge in [0.25, 0.3) is 0 Å². The number of amides is 2. The minimum Gasteiger partial charge on any atom is -0.345 e. The van der Waals surface area contributed by atoms with E-state index >= 15 is 0 Å².